The summed E-state index contributed by atoms with van der Waals surface area (Å²) in [6.45, 7) is 3.73. The van der Waals surface area contributed by atoms with Crippen LogP contribution in [0.5, 0.6) is 0 Å². The number of methoxy groups -OCH3 is 1. The number of hydrogen-bond donors (Lipinski definition) is 1. The zero-order valence-corrected chi connectivity index (χ0v) is 9.81. The monoisotopic (exact) mass is 225 g/mol. The van der Waals surface area contributed by atoms with E-state index in [0.29, 0.717) is 5.76 Å². The maximum atomic E-state index is 4.97. The standard InChI is InChI=1S/C15H15NO/c1-12(17-2)5-6-13-7-9-14(10-8-13)15-4-3-11-16-15/h3-11,16H,1H2,2H3/b6-5+. The van der Waals surface area contributed by atoms with Gasteiger partial charge < -0.3 is 9.72 Å². The van der Waals surface area contributed by atoms with Gasteiger partial charge in [-0.05, 0) is 29.3 Å². The van der Waals surface area contributed by atoms with Gasteiger partial charge in [-0.25, -0.2) is 0 Å². The van der Waals surface area contributed by atoms with Gasteiger partial charge in [0.25, 0.3) is 0 Å². The summed E-state index contributed by atoms with van der Waals surface area (Å²) >= 11 is 0. The van der Waals surface area contributed by atoms with Crippen LogP contribution in [0.25, 0.3) is 17.3 Å². The summed E-state index contributed by atoms with van der Waals surface area (Å²) < 4.78 is 4.97. The highest BCUT2D eigenvalue weighted by Gasteiger charge is 1.96. The van der Waals surface area contributed by atoms with Gasteiger partial charge in [0.1, 0.15) is 5.76 Å². The highest BCUT2D eigenvalue weighted by atomic mass is 16.5. The van der Waals surface area contributed by atoms with Gasteiger partial charge in [-0.1, -0.05) is 36.9 Å². The molecule has 0 unspecified atom stereocenters. The number of rotatable bonds is 4. The van der Waals surface area contributed by atoms with Gasteiger partial charge in [0.05, 0.1) is 7.11 Å². The summed E-state index contributed by atoms with van der Waals surface area (Å²) in [5, 5.41) is 0. The zero-order chi connectivity index (χ0) is 12.1. The first-order valence-corrected chi connectivity index (χ1v) is 5.44. The van der Waals surface area contributed by atoms with Crippen LogP contribution in [0.4, 0.5) is 0 Å². The van der Waals surface area contributed by atoms with Gasteiger partial charge in [-0.3, -0.25) is 0 Å². The van der Waals surface area contributed by atoms with Crippen molar-refractivity contribution in [3.05, 3.63) is 66.6 Å². The molecule has 0 atom stereocenters. The fourth-order valence-corrected chi connectivity index (χ4v) is 1.54. The molecule has 17 heavy (non-hydrogen) atoms. The molecule has 0 spiro atoms. The Morgan fingerprint density at radius 1 is 1.24 bits per heavy atom. The molecule has 2 heteroatoms. The van der Waals surface area contributed by atoms with Crippen molar-refractivity contribution in [3.8, 4) is 11.3 Å². The molecule has 1 aromatic heterocycles. The van der Waals surface area contributed by atoms with Gasteiger partial charge in [-0.2, -0.15) is 0 Å². The summed E-state index contributed by atoms with van der Waals surface area (Å²) in [6.07, 6.45) is 5.75. The normalized spacial score (nSPS) is 10.6. The summed E-state index contributed by atoms with van der Waals surface area (Å²) in [6, 6.07) is 12.3. The first kappa shape index (κ1) is 11.3. The van der Waals surface area contributed by atoms with Crippen LogP contribution in [0.15, 0.2) is 61.0 Å². The lowest BCUT2D eigenvalue weighted by Gasteiger charge is -2.00. The first-order chi connectivity index (χ1) is 8.29. The van der Waals surface area contributed by atoms with Crippen LogP contribution in [0.2, 0.25) is 0 Å². The number of aromatic nitrogens is 1. The van der Waals surface area contributed by atoms with Crippen molar-refractivity contribution in [1.29, 1.82) is 0 Å². The Kier molecular flexibility index (Phi) is 3.46. The molecular formula is C15H15NO. The largest absolute Gasteiger partial charge is 0.497 e. The predicted octanol–water partition coefficient (Wildman–Crippen LogP) is 3.86. The van der Waals surface area contributed by atoms with Crippen LogP contribution in [-0.4, -0.2) is 12.1 Å². The van der Waals surface area contributed by atoms with Crippen molar-refractivity contribution in [3.63, 3.8) is 0 Å². The molecule has 0 amide bonds. The Morgan fingerprint density at radius 3 is 2.59 bits per heavy atom. The SMILES string of the molecule is C=C(/C=C/c1ccc(-c2ccc[nH]2)cc1)OC. The quantitative estimate of drug-likeness (QED) is 0.620. The molecule has 0 aliphatic rings. The number of nitrogens with one attached hydrogen (secondary N) is 1. The predicted molar refractivity (Wildman–Crippen MR) is 71.4 cm³/mol. The van der Waals surface area contributed by atoms with Gasteiger partial charge in [0, 0.05) is 11.9 Å². The molecule has 0 fully saturated rings. The van der Waals surface area contributed by atoms with Crippen molar-refractivity contribution < 1.29 is 4.74 Å². The number of benzene rings is 1. The summed E-state index contributed by atoms with van der Waals surface area (Å²) in [5.41, 5.74) is 3.43. The Bertz CT molecular complexity index is 506. The molecule has 1 aromatic carbocycles. The lowest BCUT2D eigenvalue weighted by Crippen LogP contribution is -1.79. The molecule has 2 nitrogen and oxygen atoms in total. The second-order valence-electron chi connectivity index (χ2n) is 3.71. The summed E-state index contributed by atoms with van der Waals surface area (Å²) in [4.78, 5) is 3.18. The Hall–Kier alpha value is -2.22. The van der Waals surface area contributed by atoms with E-state index in [1.54, 1.807) is 7.11 Å². The second-order valence-corrected chi connectivity index (χ2v) is 3.71. The molecule has 0 aliphatic heterocycles. The second kappa shape index (κ2) is 5.21. The van der Waals surface area contributed by atoms with Crippen molar-refractivity contribution in [1.82, 2.24) is 4.98 Å². The van der Waals surface area contributed by atoms with E-state index >= 15 is 0 Å². The minimum absolute atomic E-state index is 0.651. The molecular weight excluding hydrogens is 210 g/mol. The van der Waals surface area contributed by atoms with Gasteiger partial charge >= 0.3 is 0 Å². The number of aromatic amines is 1. The average molecular weight is 225 g/mol. The van der Waals surface area contributed by atoms with E-state index in [0.717, 1.165) is 11.3 Å². The molecule has 0 radical (unpaired) electrons. The van der Waals surface area contributed by atoms with E-state index in [4.69, 9.17) is 4.74 Å². The average Bonchev–Trinajstić information content (AvgIpc) is 2.90. The van der Waals surface area contributed by atoms with E-state index in [-0.39, 0.29) is 0 Å². The fourth-order valence-electron chi connectivity index (χ4n) is 1.54. The van der Waals surface area contributed by atoms with Crippen molar-refractivity contribution >= 4 is 6.08 Å². The lowest BCUT2D eigenvalue weighted by atomic mass is 10.1. The molecule has 0 saturated heterocycles. The van der Waals surface area contributed by atoms with Gasteiger partial charge in [0.15, 0.2) is 0 Å². The van der Waals surface area contributed by atoms with Crippen molar-refractivity contribution in [2.75, 3.05) is 7.11 Å². The summed E-state index contributed by atoms with van der Waals surface area (Å²) in [5.74, 6) is 0.651. The topological polar surface area (TPSA) is 25.0 Å². The van der Waals surface area contributed by atoms with Crippen LogP contribution in [0.3, 0.4) is 0 Å². The molecule has 2 rings (SSSR count). The molecule has 1 heterocycles. The third-order valence-corrected chi connectivity index (χ3v) is 2.54. The summed E-state index contributed by atoms with van der Waals surface area (Å²) in [7, 11) is 1.61. The zero-order valence-electron chi connectivity index (χ0n) is 9.81. The Morgan fingerprint density at radius 2 is 2.00 bits per heavy atom. The minimum atomic E-state index is 0.651. The van der Waals surface area contributed by atoms with Crippen LogP contribution in [0, 0.1) is 0 Å². The van der Waals surface area contributed by atoms with Crippen molar-refractivity contribution in [2.45, 2.75) is 0 Å². The van der Waals surface area contributed by atoms with E-state index in [1.807, 2.05) is 24.4 Å². The molecule has 0 saturated carbocycles. The van der Waals surface area contributed by atoms with Crippen molar-refractivity contribution in [2.24, 2.45) is 0 Å². The van der Waals surface area contributed by atoms with E-state index in [9.17, 15) is 0 Å². The molecule has 86 valence electrons. The van der Waals surface area contributed by atoms with Gasteiger partial charge in [-0.15, -0.1) is 0 Å². The van der Waals surface area contributed by atoms with Gasteiger partial charge in [0.2, 0.25) is 0 Å². The lowest BCUT2D eigenvalue weighted by molar-refractivity contribution is 0.309. The highest BCUT2D eigenvalue weighted by molar-refractivity contribution is 5.62. The van der Waals surface area contributed by atoms with Crippen LogP contribution in [-0.2, 0) is 4.74 Å². The number of H-pyrrole nitrogens is 1. The first-order valence-electron chi connectivity index (χ1n) is 5.44. The third kappa shape index (κ3) is 2.88. The fraction of sp³-hybridized carbons (Fsp3) is 0.0667. The number of ether oxygens (including phenoxy) is 1. The minimum Gasteiger partial charge on any atom is -0.497 e. The smallest absolute Gasteiger partial charge is 0.111 e. The third-order valence-electron chi connectivity index (χ3n) is 2.54. The maximum absolute atomic E-state index is 4.97. The molecule has 0 bridgehead atoms. The Labute approximate surface area is 101 Å². The Balaban J connectivity index is 2.14. The van der Waals surface area contributed by atoms with Crippen LogP contribution < -0.4 is 0 Å². The number of hydrogen-bond acceptors (Lipinski definition) is 1. The van der Waals surface area contributed by atoms with Crippen LogP contribution in [0.1, 0.15) is 5.56 Å². The van der Waals surface area contributed by atoms with E-state index in [2.05, 4.69) is 41.9 Å². The van der Waals surface area contributed by atoms with Crippen LogP contribution >= 0.6 is 0 Å². The molecule has 1 N–H and O–H groups in total. The van der Waals surface area contributed by atoms with E-state index < -0.39 is 0 Å². The molecule has 2 aromatic rings. The molecule has 0 aliphatic carbocycles. The highest BCUT2D eigenvalue weighted by Crippen LogP contribution is 2.18. The number of allylic oxidation sites excluding steroid dienone is 1. The van der Waals surface area contributed by atoms with E-state index in [1.165, 1.54) is 5.56 Å². The maximum Gasteiger partial charge on any atom is 0.111 e.